The van der Waals surface area contributed by atoms with E-state index in [4.69, 9.17) is 9.47 Å². The first-order valence-corrected chi connectivity index (χ1v) is 8.84. The van der Waals surface area contributed by atoms with E-state index in [-0.39, 0.29) is 5.91 Å². The Morgan fingerprint density at radius 1 is 1.09 bits per heavy atom. The summed E-state index contributed by atoms with van der Waals surface area (Å²) in [5, 5.41) is 0. The fourth-order valence-electron chi connectivity index (χ4n) is 2.49. The SMILES string of the molecule is CC[N+]1(C)CCN(CCOCCOCC[N+](C)(C)C(C)=O)CC1. The minimum atomic E-state index is 0.157. The third-order valence-electron chi connectivity index (χ3n) is 5.25. The van der Waals surface area contributed by atoms with Crippen LogP contribution < -0.4 is 0 Å². The molecule has 1 fully saturated rings. The van der Waals surface area contributed by atoms with Gasteiger partial charge in [0.25, 0.3) is 0 Å². The molecule has 23 heavy (non-hydrogen) atoms. The van der Waals surface area contributed by atoms with Crippen molar-refractivity contribution in [1.82, 2.24) is 4.90 Å². The predicted molar refractivity (Wildman–Crippen MR) is 92.2 cm³/mol. The van der Waals surface area contributed by atoms with E-state index < -0.39 is 0 Å². The molecule has 1 heterocycles. The van der Waals surface area contributed by atoms with Gasteiger partial charge in [-0.3, -0.25) is 9.38 Å². The first-order valence-electron chi connectivity index (χ1n) is 8.84. The van der Waals surface area contributed by atoms with Crippen molar-refractivity contribution < 1.29 is 23.2 Å². The van der Waals surface area contributed by atoms with Crippen molar-refractivity contribution in [3.8, 4) is 0 Å². The zero-order valence-corrected chi connectivity index (χ0v) is 15.8. The maximum Gasteiger partial charge on any atom is 0.310 e. The van der Waals surface area contributed by atoms with Gasteiger partial charge in [0.2, 0.25) is 0 Å². The average molecular weight is 332 g/mol. The van der Waals surface area contributed by atoms with Crippen LogP contribution in [0.1, 0.15) is 13.8 Å². The standard InChI is InChI=1S/C17H37N3O3/c1-6-20(5)10-7-18(8-11-20)9-13-22-15-16-23-14-12-19(3,4)17(2)21/h6-16H2,1-5H3/q+2. The quantitative estimate of drug-likeness (QED) is 0.430. The second kappa shape index (κ2) is 9.69. The monoisotopic (exact) mass is 331 g/mol. The van der Waals surface area contributed by atoms with Gasteiger partial charge >= 0.3 is 5.91 Å². The third kappa shape index (κ3) is 7.72. The van der Waals surface area contributed by atoms with E-state index in [2.05, 4.69) is 18.9 Å². The van der Waals surface area contributed by atoms with Gasteiger partial charge in [-0.05, 0) is 6.92 Å². The van der Waals surface area contributed by atoms with Gasteiger partial charge in [0.1, 0.15) is 6.54 Å². The van der Waals surface area contributed by atoms with E-state index in [0.29, 0.717) is 30.8 Å². The van der Waals surface area contributed by atoms with Gasteiger partial charge in [-0.1, -0.05) is 0 Å². The number of piperazine rings is 1. The highest BCUT2D eigenvalue weighted by atomic mass is 16.5. The Morgan fingerprint density at radius 3 is 2.17 bits per heavy atom. The highest BCUT2D eigenvalue weighted by Crippen LogP contribution is 2.08. The minimum absolute atomic E-state index is 0.157. The van der Waals surface area contributed by atoms with E-state index in [1.54, 1.807) is 6.92 Å². The first-order chi connectivity index (χ1) is 10.8. The molecule has 0 radical (unpaired) electrons. The van der Waals surface area contributed by atoms with Crippen molar-refractivity contribution >= 4 is 5.91 Å². The average Bonchev–Trinajstić information content (AvgIpc) is 2.51. The molecular weight excluding hydrogens is 294 g/mol. The Labute approximate surface area is 142 Å². The van der Waals surface area contributed by atoms with Gasteiger partial charge in [-0.2, -0.15) is 0 Å². The molecule has 0 saturated carbocycles. The zero-order valence-electron chi connectivity index (χ0n) is 15.8. The second-order valence-corrected chi connectivity index (χ2v) is 7.38. The van der Waals surface area contributed by atoms with Crippen molar-refractivity contribution in [3.63, 3.8) is 0 Å². The lowest BCUT2D eigenvalue weighted by molar-refractivity contribution is -0.911. The molecule has 0 N–H and O–H groups in total. The molecule has 6 nitrogen and oxygen atoms in total. The van der Waals surface area contributed by atoms with Gasteiger partial charge < -0.3 is 14.0 Å². The maximum atomic E-state index is 11.4. The topological polar surface area (TPSA) is 38.8 Å². The molecule has 0 aliphatic carbocycles. The molecule has 1 rings (SSSR count). The molecule has 6 heteroatoms. The number of nitrogens with zero attached hydrogens (tertiary/aromatic N) is 3. The largest absolute Gasteiger partial charge is 0.378 e. The van der Waals surface area contributed by atoms with Crippen LogP contribution in [-0.2, 0) is 14.3 Å². The normalized spacial score (nSPS) is 19.0. The molecule has 1 aliphatic rings. The van der Waals surface area contributed by atoms with Crippen molar-refractivity contribution in [2.45, 2.75) is 13.8 Å². The zero-order chi connectivity index (χ0) is 17.3. The van der Waals surface area contributed by atoms with E-state index in [1.807, 2.05) is 14.1 Å². The van der Waals surface area contributed by atoms with E-state index >= 15 is 0 Å². The fourth-order valence-corrected chi connectivity index (χ4v) is 2.49. The maximum absolute atomic E-state index is 11.4. The molecular formula is C17H37N3O3+2. The Hall–Kier alpha value is -0.530. The van der Waals surface area contributed by atoms with Gasteiger partial charge in [0.15, 0.2) is 0 Å². The van der Waals surface area contributed by atoms with Crippen LogP contribution in [-0.4, -0.2) is 113 Å². The van der Waals surface area contributed by atoms with Crippen LogP contribution in [0.4, 0.5) is 0 Å². The van der Waals surface area contributed by atoms with E-state index in [0.717, 1.165) is 13.2 Å². The Bertz CT molecular complexity index is 353. The highest BCUT2D eigenvalue weighted by molar-refractivity contribution is 5.65. The molecule has 1 amide bonds. The van der Waals surface area contributed by atoms with Crippen molar-refractivity contribution in [2.24, 2.45) is 0 Å². The van der Waals surface area contributed by atoms with Gasteiger partial charge in [0, 0.05) is 19.6 Å². The lowest BCUT2D eigenvalue weighted by Gasteiger charge is -2.41. The summed E-state index contributed by atoms with van der Waals surface area (Å²) in [7, 11) is 6.16. The molecule has 0 atom stereocenters. The molecule has 0 unspecified atom stereocenters. The predicted octanol–water partition coefficient (Wildman–Crippen LogP) is 0.425. The summed E-state index contributed by atoms with van der Waals surface area (Å²) in [5.74, 6) is 0.157. The molecule has 0 aromatic rings. The lowest BCUT2D eigenvalue weighted by Crippen LogP contribution is -2.57. The molecule has 0 aromatic heterocycles. The van der Waals surface area contributed by atoms with Crippen LogP contribution in [0.25, 0.3) is 0 Å². The van der Waals surface area contributed by atoms with Crippen LogP contribution >= 0.6 is 0 Å². The number of rotatable bonds is 10. The van der Waals surface area contributed by atoms with Crippen LogP contribution in [0, 0.1) is 0 Å². The number of hydrogen-bond acceptors (Lipinski definition) is 4. The lowest BCUT2D eigenvalue weighted by atomic mass is 10.2. The molecule has 1 saturated heterocycles. The van der Waals surface area contributed by atoms with Crippen LogP contribution in [0.5, 0.6) is 0 Å². The summed E-state index contributed by atoms with van der Waals surface area (Å²) >= 11 is 0. The number of carbonyl (C=O) groups excluding carboxylic acids is 1. The molecule has 0 aromatic carbocycles. The van der Waals surface area contributed by atoms with Gasteiger partial charge in [-0.25, -0.2) is 4.79 Å². The number of quaternary nitrogens is 2. The number of hydrogen-bond donors (Lipinski definition) is 0. The van der Waals surface area contributed by atoms with Crippen molar-refractivity contribution in [3.05, 3.63) is 0 Å². The van der Waals surface area contributed by atoms with Crippen LogP contribution in [0.15, 0.2) is 0 Å². The molecule has 1 aliphatic heterocycles. The molecule has 136 valence electrons. The summed E-state index contributed by atoms with van der Waals surface area (Å²) in [4.78, 5) is 13.9. The number of ether oxygens (including phenoxy) is 2. The summed E-state index contributed by atoms with van der Waals surface area (Å²) in [6, 6.07) is 0. The highest BCUT2D eigenvalue weighted by Gasteiger charge is 2.26. The smallest absolute Gasteiger partial charge is 0.310 e. The van der Waals surface area contributed by atoms with E-state index in [9.17, 15) is 4.79 Å². The summed E-state index contributed by atoms with van der Waals surface area (Å²) in [6.45, 7) is 14.2. The summed E-state index contributed by atoms with van der Waals surface area (Å²) < 4.78 is 12.8. The number of likely N-dealkylation sites (N-methyl/N-ethyl adjacent to an activating group) is 2. The molecule has 0 bridgehead atoms. The van der Waals surface area contributed by atoms with Crippen molar-refractivity contribution in [1.29, 1.82) is 0 Å². The Balaban J connectivity index is 1.96. The van der Waals surface area contributed by atoms with Crippen LogP contribution in [0.3, 0.4) is 0 Å². The van der Waals surface area contributed by atoms with Gasteiger partial charge in [-0.15, -0.1) is 0 Å². The van der Waals surface area contributed by atoms with E-state index in [1.165, 1.54) is 37.2 Å². The summed E-state index contributed by atoms with van der Waals surface area (Å²) in [5.41, 5.74) is 0. The summed E-state index contributed by atoms with van der Waals surface area (Å²) in [6.07, 6.45) is 0. The molecule has 0 spiro atoms. The fraction of sp³-hybridized carbons (Fsp3) is 0.941. The minimum Gasteiger partial charge on any atom is -0.378 e. The number of carbonyl (C=O) groups is 1. The Morgan fingerprint density at radius 2 is 1.65 bits per heavy atom. The van der Waals surface area contributed by atoms with Crippen molar-refractivity contribution in [2.75, 3.05) is 93.4 Å². The Kier molecular flexibility index (Phi) is 8.64. The van der Waals surface area contributed by atoms with Gasteiger partial charge in [0.05, 0.1) is 74.1 Å². The second-order valence-electron chi connectivity index (χ2n) is 7.38. The van der Waals surface area contributed by atoms with Crippen LogP contribution in [0.2, 0.25) is 0 Å². The number of amides is 1. The first kappa shape index (κ1) is 20.5. The third-order valence-corrected chi connectivity index (χ3v) is 5.25.